The van der Waals surface area contributed by atoms with Crippen LogP contribution >= 0.6 is 0 Å². The Hall–Kier alpha value is -3.90. The minimum absolute atomic E-state index is 0.104. The van der Waals surface area contributed by atoms with Crippen molar-refractivity contribution in [3.8, 4) is 46.6 Å². The van der Waals surface area contributed by atoms with Gasteiger partial charge in [0.15, 0.2) is 0 Å². The van der Waals surface area contributed by atoms with Crippen LogP contribution in [0.15, 0.2) is 42.5 Å². The predicted octanol–water partition coefficient (Wildman–Crippen LogP) is 2.26. The highest BCUT2D eigenvalue weighted by Crippen LogP contribution is 2.42. The van der Waals surface area contributed by atoms with E-state index in [9.17, 15) is 10.5 Å². The number of benzene rings is 3. The second kappa shape index (κ2) is 4.39. The first-order chi connectivity index (χ1) is 12.8. The molecule has 0 saturated heterocycles. The van der Waals surface area contributed by atoms with E-state index < -0.39 is 0 Å². The van der Waals surface area contributed by atoms with Crippen LogP contribution in [-0.2, 0) is 0 Å². The SMILES string of the molecule is N#Cc1cc2c3c(c1)Oc1cc(C#N)cc4c1B3c1c(cccc1O4)O2. The molecule has 3 aromatic carbocycles. The van der Waals surface area contributed by atoms with Gasteiger partial charge in [-0.25, -0.2) is 0 Å². The first-order valence-corrected chi connectivity index (χ1v) is 8.09. The van der Waals surface area contributed by atoms with Gasteiger partial charge in [0.05, 0.1) is 23.3 Å². The molecule has 26 heavy (non-hydrogen) atoms. The summed E-state index contributed by atoms with van der Waals surface area (Å²) in [5, 5.41) is 18.7. The summed E-state index contributed by atoms with van der Waals surface area (Å²) in [5.74, 6) is 3.83. The number of rotatable bonds is 0. The van der Waals surface area contributed by atoms with Crippen molar-refractivity contribution < 1.29 is 14.2 Å². The topological polar surface area (TPSA) is 75.3 Å². The van der Waals surface area contributed by atoms with Gasteiger partial charge in [0.25, 0.3) is 6.71 Å². The van der Waals surface area contributed by atoms with Gasteiger partial charge in [-0.3, -0.25) is 0 Å². The molecular weight excluding hydrogens is 327 g/mol. The van der Waals surface area contributed by atoms with Gasteiger partial charge >= 0.3 is 0 Å². The van der Waals surface area contributed by atoms with Crippen LogP contribution in [0.4, 0.5) is 0 Å². The van der Waals surface area contributed by atoms with E-state index in [4.69, 9.17) is 14.2 Å². The number of nitrogens with zero attached hydrogens (tertiary/aromatic N) is 2. The van der Waals surface area contributed by atoms with Crippen LogP contribution in [0.1, 0.15) is 11.1 Å². The highest BCUT2D eigenvalue weighted by molar-refractivity contribution is 6.99. The van der Waals surface area contributed by atoms with Gasteiger partial charge < -0.3 is 14.2 Å². The maximum atomic E-state index is 9.34. The lowest BCUT2D eigenvalue weighted by atomic mass is 9.34. The third-order valence-corrected chi connectivity index (χ3v) is 5.02. The molecule has 6 heteroatoms. The zero-order chi connectivity index (χ0) is 17.4. The lowest BCUT2D eigenvalue weighted by molar-refractivity contribution is 0.442. The second-order valence-electron chi connectivity index (χ2n) is 6.40. The maximum absolute atomic E-state index is 9.34. The average molecular weight is 334 g/mol. The molecule has 0 N–H and O–H groups in total. The summed E-state index contributed by atoms with van der Waals surface area (Å²) in [4.78, 5) is 0. The highest BCUT2D eigenvalue weighted by Gasteiger charge is 2.46. The summed E-state index contributed by atoms with van der Waals surface area (Å²) in [7, 11) is 0. The number of ether oxygens (including phenoxy) is 3. The van der Waals surface area contributed by atoms with Gasteiger partial charge in [-0.1, -0.05) is 6.07 Å². The van der Waals surface area contributed by atoms with Crippen molar-refractivity contribution >= 4 is 23.1 Å². The van der Waals surface area contributed by atoms with Crippen molar-refractivity contribution in [1.82, 2.24) is 0 Å². The van der Waals surface area contributed by atoms with E-state index in [1.807, 2.05) is 18.2 Å². The number of nitriles is 2. The van der Waals surface area contributed by atoms with Gasteiger partial charge in [-0.05, 0) is 36.4 Å². The Labute approximate surface area is 148 Å². The monoisotopic (exact) mass is 334 g/mol. The molecule has 0 atom stereocenters. The Morgan fingerprint density at radius 2 is 1.00 bits per heavy atom. The van der Waals surface area contributed by atoms with E-state index >= 15 is 0 Å². The summed E-state index contributed by atoms with van der Waals surface area (Å²) in [6.07, 6.45) is 0. The molecule has 3 aromatic rings. The van der Waals surface area contributed by atoms with Crippen molar-refractivity contribution in [2.45, 2.75) is 0 Å². The molecule has 3 aliphatic rings. The number of hydrogen-bond acceptors (Lipinski definition) is 5. The van der Waals surface area contributed by atoms with E-state index in [-0.39, 0.29) is 6.71 Å². The second-order valence-corrected chi connectivity index (χ2v) is 6.40. The molecule has 118 valence electrons. The first-order valence-electron chi connectivity index (χ1n) is 8.09. The van der Waals surface area contributed by atoms with Crippen LogP contribution < -0.4 is 30.6 Å². The molecule has 0 aliphatic carbocycles. The maximum Gasteiger partial charge on any atom is 0.270 e. The van der Waals surface area contributed by atoms with Crippen molar-refractivity contribution in [2.24, 2.45) is 0 Å². The molecule has 0 spiro atoms. The van der Waals surface area contributed by atoms with E-state index in [1.54, 1.807) is 24.3 Å². The normalized spacial score (nSPS) is 13.4. The Morgan fingerprint density at radius 1 is 0.615 bits per heavy atom. The molecule has 0 aromatic heterocycles. The minimum atomic E-state index is -0.104. The quantitative estimate of drug-likeness (QED) is 0.398. The molecule has 0 radical (unpaired) electrons. The molecule has 0 unspecified atom stereocenters. The molecule has 0 amide bonds. The van der Waals surface area contributed by atoms with Crippen molar-refractivity contribution in [2.75, 3.05) is 0 Å². The summed E-state index contributed by atoms with van der Waals surface area (Å²) in [6, 6.07) is 16.9. The Balaban J connectivity index is 1.76. The molecule has 6 rings (SSSR count). The van der Waals surface area contributed by atoms with Crippen LogP contribution in [0.2, 0.25) is 0 Å². The zero-order valence-electron chi connectivity index (χ0n) is 13.2. The highest BCUT2D eigenvalue weighted by atomic mass is 16.5. The summed E-state index contributed by atoms with van der Waals surface area (Å²) >= 11 is 0. The van der Waals surface area contributed by atoms with E-state index in [0.717, 1.165) is 16.4 Å². The number of hydrogen-bond donors (Lipinski definition) is 0. The van der Waals surface area contributed by atoms with E-state index in [0.29, 0.717) is 45.6 Å². The standard InChI is InChI=1S/C20H7BN2O3/c22-8-10-4-14-19-16(6-10)26-17-7-11(9-23)5-15-20(17)21(19)18-12(24-14)2-1-3-13(18)25-15/h1-7H. The predicted molar refractivity (Wildman–Crippen MR) is 93.6 cm³/mol. The fraction of sp³-hybridized carbons (Fsp3) is 0. The molecular formula is C20H7BN2O3. The van der Waals surface area contributed by atoms with Gasteiger partial charge in [0, 0.05) is 16.4 Å². The lowest BCUT2D eigenvalue weighted by Gasteiger charge is -2.37. The molecule has 3 aliphatic heterocycles. The zero-order valence-corrected chi connectivity index (χ0v) is 13.2. The Kier molecular flexibility index (Phi) is 2.26. The van der Waals surface area contributed by atoms with E-state index in [1.165, 1.54) is 0 Å². The Morgan fingerprint density at radius 3 is 1.42 bits per heavy atom. The van der Waals surface area contributed by atoms with E-state index in [2.05, 4.69) is 12.1 Å². The summed E-state index contributed by atoms with van der Waals surface area (Å²) in [5.41, 5.74) is 3.67. The van der Waals surface area contributed by atoms with Gasteiger partial charge in [-0.15, -0.1) is 0 Å². The first kappa shape index (κ1) is 13.4. The van der Waals surface area contributed by atoms with Crippen molar-refractivity contribution in [1.29, 1.82) is 10.5 Å². The van der Waals surface area contributed by atoms with Gasteiger partial charge in [0.2, 0.25) is 0 Å². The molecule has 0 bridgehead atoms. The molecule has 3 heterocycles. The van der Waals surface area contributed by atoms with Gasteiger partial charge in [-0.2, -0.15) is 10.5 Å². The lowest BCUT2D eigenvalue weighted by Crippen LogP contribution is -2.59. The largest absolute Gasteiger partial charge is 0.458 e. The fourth-order valence-corrected chi connectivity index (χ4v) is 4.01. The molecule has 0 saturated carbocycles. The third-order valence-electron chi connectivity index (χ3n) is 5.02. The van der Waals surface area contributed by atoms with Crippen LogP contribution in [0.3, 0.4) is 0 Å². The molecule has 0 fully saturated rings. The van der Waals surface area contributed by atoms with Crippen LogP contribution in [-0.4, -0.2) is 6.71 Å². The van der Waals surface area contributed by atoms with Crippen LogP contribution in [0.25, 0.3) is 0 Å². The summed E-state index contributed by atoms with van der Waals surface area (Å²) < 4.78 is 18.2. The minimum Gasteiger partial charge on any atom is -0.458 e. The van der Waals surface area contributed by atoms with Crippen LogP contribution in [0, 0.1) is 22.7 Å². The summed E-state index contributed by atoms with van der Waals surface area (Å²) in [6.45, 7) is -0.104. The van der Waals surface area contributed by atoms with Crippen molar-refractivity contribution in [3.05, 3.63) is 53.6 Å². The Bertz CT molecular complexity index is 1160. The van der Waals surface area contributed by atoms with Crippen molar-refractivity contribution in [3.63, 3.8) is 0 Å². The smallest absolute Gasteiger partial charge is 0.270 e. The molecule has 5 nitrogen and oxygen atoms in total. The van der Waals surface area contributed by atoms with Crippen LogP contribution in [0.5, 0.6) is 34.5 Å². The average Bonchev–Trinajstić information content (AvgIpc) is 2.67. The fourth-order valence-electron chi connectivity index (χ4n) is 4.01. The third kappa shape index (κ3) is 1.49. The van der Waals surface area contributed by atoms with Gasteiger partial charge in [0.1, 0.15) is 34.5 Å².